The predicted octanol–water partition coefficient (Wildman–Crippen LogP) is 3.37. The van der Waals surface area contributed by atoms with Gasteiger partial charge in [0.2, 0.25) is 0 Å². The van der Waals surface area contributed by atoms with Crippen LogP contribution in [0.2, 0.25) is 0 Å². The van der Waals surface area contributed by atoms with Gasteiger partial charge in [0.15, 0.2) is 5.96 Å². The number of ether oxygens (including phenoxy) is 1. The van der Waals surface area contributed by atoms with Gasteiger partial charge in [-0.1, -0.05) is 12.8 Å². The maximum absolute atomic E-state index is 13.5. The first-order chi connectivity index (χ1) is 11.6. The highest BCUT2D eigenvalue weighted by Crippen LogP contribution is 2.09. The van der Waals surface area contributed by atoms with Gasteiger partial charge in [-0.25, -0.2) is 8.78 Å². The van der Waals surface area contributed by atoms with Crippen LogP contribution in [-0.4, -0.2) is 32.6 Å². The highest BCUT2D eigenvalue weighted by molar-refractivity contribution is 14.0. The molecule has 0 unspecified atom stereocenters. The lowest BCUT2D eigenvalue weighted by atomic mass is 10.1. The predicted molar refractivity (Wildman–Crippen MR) is 105 cm³/mol. The third kappa shape index (κ3) is 10.2. The number of halogens is 3. The molecule has 0 radical (unpaired) electrons. The summed E-state index contributed by atoms with van der Waals surface area (Å²) in [5.41, 5.74) is 0.251. The Bertz CT molecular complexity index is 557. The van der Waals surface area contributed by atoms with Gasteiger partial charge in [0.25, 0.3) is 0 Å². The Morgan fingerprint density at radius 2 is 1.88 bits per heavy atom. The van der Waals surface area contributed by atoms with Crippen molar-refractivity contribution in [3.8, 4) is 0 Å². The molecule has 0 saturated heterocycles. The third-order valence-corrected chi connectivity index (χ3v) is 3.51. The van der Waals surface area contributed by atoms with Gasteiger partial charge in [0.05, 0.1) is 7.11 Å². The molecule has 2 N–H and O–H groups in total. The molecule has 0 spiro atoms. The summed E-state index contributed by atoms with van der Waals surface area (Å²) < 4.78 is 31.2. The molecule has 1 aromatic rings. The van der Waals surface area contributed by atoms with Crippen molar-refractivity contribution in [2.45, 2.75) is 38.6 Å². The molecule has 0 aliphatic rings. The fourth-order valence-corrected chi connectivity index (χ4v) is 2.14. The zero-order valence-electron chi connectivity index (χ0n) is 14.6. The fourth-order valence-electron chi connectivity index (χ4n) is 2.14. The molecule has 0 amide bonds. The number of nitrogens with zero attached hydrogens (tertiary/aromatic N) is 1. The van der Waals surface area contributed by atoms with E-state index in [1.54, 1.807) is 7.05 Å². The number of aliphatic imine (C=N–C) groups is 1. The van der Waals surface area contributed by atoms with E-state index in [0.717, 1.165) is 43.9 Å². The number of methoxy groups -OCH3 is 1. The zero-order valence-corrected chi connectivity index (χ0v) is 16.9. The minimum atomic E-state index is -0.469. The van der Waals surface area contributed by atoms with Crippen molar-refractivity contribution >= 4 is 35.9 Å². The van der Waals surface area contributed by atoms with E-state index in [9.17, 15) is 13.6 Å². The molecular weight excluding hydrogens is 443 g/mol. The summed E-state index contributed by atoms with van der Waals surface area (Å²) in [5.74, 6) is -0.566. The quantitative estimate of drug-likeness (QED) is 0.192. The molecule has 0 bridgehead atoms. The maximum Gasteiger partial charge on any atom is 0.305 e. The maximum atomic E-state index is 13.5. The van der Waals surface area contributed by atoms with Gasteiger partial charge in [0, 0.05) is 32.1 Å². The lowest BCUT2D eigenvalue weighted by Crippen LogP contribution is -2.37. The largest absolute Gasteiger partial charge is 0.469 e. The van der Waals surface area contributed by atoms with Gasteiger partial charge in [-0.05, 0) is 31.0 Å². The standard InChI is InChI=1S/C17H25F2N3O2.HI/c1-20-17(21-10-6-4-3-5-7-16(23)24-2)22-12-13-11-14(18)8-9-15(13)19;/h8-9,11H,3-7,10,12H2,1-2H3,(H2,20,21,22);1H. The molecule has 0 atom stereocenters. The van der Waals surface area contributed by atoms with Crippen molar-refractivity contribution in [2.75, 3.05) is 20.7 Å². The third-order valence-electron chi connectivity index (χ3n) is 3.51. The van der Waals surface area contributed by atoms with E-state index in [1.165, 1.54) is 7.11 Å². The van der Waals surface area contributed by atoms with Crippen molar-refractivity contribution in [1.82, 2.24) is 10.6 Å². The lowest BCUT2D eigenvalue weighted by Gasteiger charge is -2.12. The van der Waals surface area contributed by atoms with E-state index in [-0.39, 0.29) is 42.1 Å². The smallest absolute Gasteiger partial charge is 0.305 e. The monoisotopic (exact) mass is 469 g/mol. The van der Waals surface area contributed by atoms with E-state index < -0.39 is 11.6 Å². The number of hydrogen-bond donors (Lipinski definition) is 2. The summed E-state index contributed by atoms with van der Waals surface area (Å²) in [5, 5.41) is 6.07. The Labute approximate surface area is 164 Å². The minimum absolute atomic E-state index is 0. The number of unbranched alkanes of at least 4 members (excludes halogenated alkanes) is 3. The molecule has 0 aliphatic heterocycles. The summed E-state index contributed by atoms with van der Waals surface area (Å²) >= 11 is 0. The second-order valence-electron chi connectivity index (χ2n) is 5.33. The molecule has 8 heteroatoms. The summed E-state index contributed by atoms with van der Waals surface area (Å²) in [7, 11) is 3.01. The number of hydrogen-bond acceptors (Lipinski definition) is 3. The van der Waals surface area contributed by atoms with Crippen LogP contribution in [0.4, 0.5) is 8.78 Å². The van der Waals surface area contributed by atoms with Gasteiger partial charge in [-0.15, -0.1) is 24.0 Å². The molecule has 5 nitrogen and oxygen atoms in total. The molecule has 0 aromatic heterocycles. The Hall–Kier alpha value is -1.45. The molecule has 0 aliphatic carbocycles. The second kappa shape index (κ2) is 13.8. The highest BCUT2D eigenvalue weighted by Gasteiger charge is 2.05. The van der Waals surface area contributed by atoms with Crippen LogP contribution in [0.1, 0.15) is 37.7 Å². The molecular formula is C17H26F2IN3O2. The van der Waals surface area contributed by atoms with E-state index >= 15 is 0 Å². The number of nitrogens with one attached hydrogen (secondary N) is 2. The van der Waals surface area contributed by atoms with Crippen LogP contribution in [0.3, 0.4) is 0 Å². The number of rotatable bonds is 9. The molecule has 1 aromatic carbocycles. The van der Waals surface area contributed by atoms with Gasteiger partial charge in [0.1, 0.15) is 11.6 Å². The molecule has 142 valence electrons. The van der Waals surface area contributed by atoms with Crippen molar-refractivity contribution in [2.24, 2.45) is 4.99 Å². The van der Waals surface area contributed by atoms with Crippen LogP contribution >= 0.6 is 24.0 Å². The van der Waals surface area contributed by atoms with E-state index in [2.05, 4.69) is 20.4 Å². The Morgan fingerprint density at radius 1 is 1.16 bits per heavy atom. The molecule has 25 heavy (non-hydrogen) atoms. The summed E-state index contributed by atoms with van der Waals surface area (Å²) in [6, 6.07) is 3.36. The molecule has 0 fully saturated rings. The summed E-state index contributed by atoms with van der Waals surface area (Å²) in [4.78, 5) is 15.0. The Balaban J connectivity index is 0.00000576. The van der Waals surface area contributed by atoms with Crippen molar-refractivity contribution < 1.29 is 18.3 Å². The second-order valence-corrected chi connectivity index (χ2v) is 5.33. The summed E-state index contributed by atoms with van der Waals surface area (Å²) in [6.45, 7) is 0.867. The van der Waals surface area contributed by atoms with Gasteiger partial charge in [-0.3, -0.25) is 9.79 Å². The van der Waals surface area contributed by atoms with Gasteiger partial charge >= 0.3 is 5.97 Å². The first-order valence-corrected chi connectivity index (χ1v) is 8.02. The number of benzene rings is 1. The SMILES string of the molecule is CN=C(NCCCCCCC(=O)OC)NCc1cc(F)ccc1F.I. The van der Waals surface area contributed by atoms with Gasteiger partial charge in [-0.2, -0.15) is 0 Å². The van der Waals surface area contributed by atoms with Crippen molar-refractivity contribution in [3.63, 3.8) is 0 Å². The lowest BCUT2D eigenvalue weighted by molar-refractivity contribution is -0.140. The fraction of sp³-hybridized carbons (Fsp3) is 0.529. The normalized spacial score (nSPS) is 10.8. The van der Waals surface area contributed by atoms with Crippen LogP contribution in [0.5, 0.6) is 0 Å². The van der Waals surface area contributed by atoms with Crippen LogP contribution < -0.4 is 10.6 Å². The van der Waals surface area contributed by atoms with Crippen molar-refractivity contribution in [3.05, 3.63) is 35.4 Å². The number of carbonyl (C=O) groups is 1. The van der Waals surface area contributed by atoms with Crippen LogP contribution in [0, 0.1) is 11.6 Å². The number of guanidine groups is 1. The van der Waals surface area contributed by atoms with Gasteiger partial charge < -0.3 is 15.4 Å². The number of carbonyl (C=O) groups excluding carboxylic acids is 1. The average molecular weight is 469 g/mol. The zero-order chi connectivity index (χ0) is 17.8. The summed E-state index contributed by atoms with van der Waals surface area (Å²) in [6.07, 6.45) is 4.14. The highest BCUT2D eigenvalue weighted by atomic mass is 127. The molecule has 1 rings (SSSR count). The van der Waals surface area contributed by atoms with E-state index in [0.29, 0.717) is 18.9 Å². The van der Waals surface area contributed by atoms with Crippen molar-refractivity contribution in [1.29, 1.82) is 0 Å². The van der Waals surface area contributed by atoms with E-state index in [4.69, 9.17) is 0 Å². The molecule has 0 saturated carbocycles. The first kappa shape index (κ1) is 23.5. The van der Waals surface area contributed by atoms with E-state index in [1.807, 2.05) is 0 Å². The number of esters is 1. The van der Waals surface area contributed by atoms with Crippen LogP contribution in [-0.2, 0) is 16.1 Å². The topological polar surface area (TPSA) is 62.7 Å². The average Bonchev–Trinajstić information content (AvgIpc) is 2.59. The Kier molecular flexibility index (Phi) is 13.0. The van der Waals surface area contributed by atoms with Crippen LogP contribution in [0.25, 0.3) is 0 Å². The minimum Gasteiger partial charge on any atom is -0.469 e. The molecule has 0 heterocycles. The van der Waals surface area contributed by atoms with Crippen LogP contribution in [0.15, 0.2) is 23.2 Å². The first-order valence-electron chi connectivity index (χ1n) is 8.02. The Morgan fingerprint density at radius 3 is 2.56 bits per heavy atom.